The minimum Gasteiger partial charge on any atom is -0.493 e. The van der Waals surface area contributed by atoms with E-state index in [0.717, 1.165) is 49.1 Å². The van der Waals surface area contributed by atoms with Crippen molar-refractivity contribution >= 4 is 40.4 Å². The van der Waals surface area contributed by atoms with Gasteiger partial charge in [0.15, 0.2) is 16.3 Å². The second kappa shape index (κ2) is 14.1. The fourth-order valence-corrected chi connectivity index (χ4v) is 6.99. The highest BCUT2D eigenvalue weighted by atomic mass is 32.1. The number of ether oxygens (including phenoxy) is 3. The number of carbonyl (C=O) groups excluding carboxylic acids is 3. The largest absolute Gasteiger partial charge is 0.493 e. The first-order valence-corrected chi connectivity index (χ1v) is 16.1. The van der Waals surface area contributed by atoms with E-state index in [1.54, 1.807) is 30.0 Å². The lowest BCUT2D eigenvalue weighted by Crippen LogP contribution is -2.41. The van der Waals surface area contributed by atoms with Crippen molar-refractivity contribution in [2.24, 2.45) is 4.99 Å². The molecule has 0 spiro atoms. The SMILES string of the molecule is C=CCOC(=O)C1=C(C)N=c2s/c(=C3\C(=O)N(CCCCCCC)c4ccccc43)c(=O)n2C1c1ccc(OC(C)=O)c(OC)c1. The molecule has 1 amide bonds. The Morgan fingerprint density at radius 1 is 1.07 bits per heavy atom. The molecule has 11 heteroatoms. The van der Waals surface area contributed by atoms with Crippen LogP contribution in [0.3, 0.4) is 0 Å². The molecule has 0 fully saturated rings. The summed E-state index contributed by atoms with van der Waals surface area (Å²) in [4.78, 5) is 60.4. The lowest BCUT2D eigenvalue weighted by atomic mass is 9.95. The molecular formula is C35H37N3O7S. The van der Waals surface area contributed by atoms with Gasteiger partial charge in [0.2, 0.25) is 0 Å². The van der Waals surface area contributed by atoms with E-state index in [1.165, 1.54) is 24.7 Å². The quantitative estimate of drug-likeness (QED) is 0.123. The van der Waals surface area contributed by atoms with Gasteiger partial charge in [0.1, 0.15) is 11.1 Å². The highest BCUT2D eigenvalue weighted by Gasteiger charge is 2.37. The Morgan fingerprint density at radius 2 is 1.83 bits per heavy atom. The molecule has 0 aliphatic carbocycles. The fourth-order valence-electron chi connectivity index (χ4n) is 5.85. The van der Waals surface area contributed by atoms with E-state index in [4.69, 9.17) is 14.2 Å². The molecule has 2 aliphatic heterocycles. The van der Waals surface area contributed by atoms with Gasteiger partial charge in [-0.1, -0.05) is 80.9 Å². The first-order valence-electron chi connectivity index (χ1n) is 15.3. The zero-order chi connectivity index (χ0) is 33.0. The molecule has 3 heterocycles. The van der Waals surface area contributed by atoms with Gasteiger partial charge in [-0.25, -0.2) is 9.79 Å². The minimum absolute atomic E-state index is 0.0365. The summed E-state index contributed by atoms with van der Waals surface area (Å²) in [6, 6.07) is 11.3. The monoisotopic (exact) mass is 643 g/mol. The van der Waals surface area contributed by atoms with Gasteiger partial charge >= 0.3 is 11.9 Å². The van der Waals surface area contributed by atoms with Crippen LogP contribution in [0.2, 0.25) is 0 Å². The van der Waals surface area contributed by atoms with Crippen LogP contribution in [-0.4, -0.2) is 42.7 Å². The zero-order valence-corrected chi connectivity index (χ0v) is 27.3. The van der Waals surface area contributed by atoms with Crippen LogP contribution in [0.4, 0.5) is 5.69 Å². The number of methoxy groups -OCH3 is 1. The number of para-hydroxylation sites is 1. The molecule has 2 aliphatic rings. The first kappa shape index (κ1) is 32.6. The smallest absolute Gasteiger partial charge is 0.338 e. The Balaban J connectivity index is 1.69. The van der Waals surface area contributed by atoms with Gasteiger partial charge in [-0.15, -0.1) is 0 Å². The van der Waals surface area contributed by atoms with Crippen LogP contribution in [0.5, 0.6) is 11.5 Å². The third kappa shape index (κ3) is 6.19. The number of unbranched alkanes of at least 4 members (excludes halogenated alkanes) is 4. The van der Waals surface area contributed by atoms with Crippen molar-refractivity contribution < 1.29 is 28.6 Å². The molecule has 2 aromatic carbocycles. The van der Waals surface area contributed by atoms with Gasteiger partial charge in [-0.2, -0.15) is 0 Å². The van der Waals surface area contributed by atoms with E-state index in [2.05, 4.69) is 18.5 Å². The summed E-state index contributed by atoms with van der Waals surface area (Å²) in [5.74, 6) is -0.995. The molecule has 0 N–H and O–H groups in total. The van der Waals surface area contributed by atoms with Gasteiger partial charge in [0.25, 0.3) is 11.5 Å². The second-order valence-corrected chi connectivity index (χ2v) is 12.0. The molecule has 0 bridgehead atoms. The summed E-state index contributed by atoms with van der Waals surface area (Å²) in [7, 11) is 1.43. The Morgan fingerprint density at radius 3 is 2.54 bits per heavy atom. The molecule has 0 radical (unpaired) electrons. The van der Waals surface area contributed by atoms with Crippen LogP contribution in [0.1, 0.15) is 70.0 Å². The summed E-state index contributed by atoms with van der Waals surface area (Å²) in [5, 5.41) is 0. The van der Waals surface area contributed by atoms with Gasteiger partial charge in [0.05, 0.1) is 35.7 Å². The molecular weight excluding hydrogens is 606 g/mol. The molecule has 240 valence electrons. The number of anilines is 1. The third-order valence-electron chi connectivity index (χ3n) is 7.94. The molecule has 5 rings (SSSR count). The molecule has 0 saturated carbocycles. The summed E-state index contributed by atoms with van der Waals surface area (Å²) in [6.07, 6.45) is 6.72. The topological polar surface area (TPSA) is 117 Å². The van der Waals surface area contributed by atoms with Crippen LogP contribution in [0.15, 0.2) is 76.2 Å². The number of amides is 1. The number of allylic oxidation sites excluding steroid dienone is 1. The van der Waals surface area contributed by atoms with Crippen LogP contribution in [-0.2, 0) is 19.1 Å². The molecule has 46 heavy (non-hydrogen) atoms. The number of fused-ring (bicyclic) bond motifs is 2. The number of benzene rings is 2. The Bertz CT molecular complexity index is 1920. The van der Waals surface area contributed by atoms with Crippen molar-refractivity contribution in [2.75, 3.05) is 25.2 Å². The maximum Gasteiger partial charge on any atom is 0.338 e. The number of rotatable bonds is 12. The molecule has 10 nitrogen and oxygen atoms in total. The van der Waals surface area contributed by atoms with Crippen LogP contribution >= 0.6 is 11.3 Å². The van der Waals surface area contributed by atoms with Crippen molar-refractivity contribution in [1.29, 1.82) is 0 Å². The van der Waals surface area contributed by atoms with Gasteiger partial charge < -0.3 is 19.1 Å². The highest BCUT2D eigenvalue weighted by molar-refractivity contribution is 7.07. The predicted molar refractivity (Wildman–Crippen MR) is 176 cm³/mol. The van der Waals surface area contributed by atoms with Crippen molar-refractivity contribution in [1.82, 2.24) is 4.57 Å². The lowest BCUT2D eigenvalue weighted by molar-refractivity contribution is -0.138. The number of aromatic nitrogens is 1. The Kier molecular flexibility index (Phi) is 10.0. The van der Waals surface area contributed by atoms with E-state index in [-0.39, 0.29) is 34.1 Å². The van der Waals surface area contributed by atoms with E-state index in [9.17, 15) is 19.2 Å². The van der Waals surface area contributed by atoms with Gasteiger partial charge in [-0.05, 0) is 37.1 Å². The molecule has 3 aromatic rings. The second-order valence-electron chi connectivity index (χ2n) is 11.1. The normalized spacial score (nSPS) is 16.5. The minimum atomic E-state index is -0.968. The average molecular weight is 644 g/mol. The van der Waals surface area contributed by atoms with Crippen LogP contribution < -0.4 is 29.3 Å². The number of nitrogens with zero attached hydrogens (tertiary/aromatic N) is 3. The van der Waals surface area contributed by atoms with E-state index >= 15 is 0 Å². The number of carbonyl (C=O) groups is 3. The van der Waals surface area contributed by atoms with Crippen molar-refractivity contribution in [3.63, 3.8) is 0 Å². The van der Waals surface area contributed by atoms with Gasteiger partial charge in [0, 0.05) is 19.0 Å². The average Bonchev–Trinajstić information content (AvgIpc) is 3.50. The van der Waals surface area contributed by atoms with Crippen LogP contribution in [0, 0.1) is 0 Å². The molecule has 1 atom stereocenters. The van der Waals surface area contributed by atoms with Gasteiger partial charge in [-0.3, -0.25) is 19.0 Å². The van der Waals surface area contributed by atoms with Crippen molar-refractivity contribution in [3.8, 4) is 11.5 Å². The van der Waals surface area contributed by atoms with E-state index < -0.39 is 23.5 Å². The van der Waals surface area contributed by atoms with Crippen LogP contribution in [0.25, 0.3) is 5.57 Å². The Hall–Kier alpha value is -4.77. The molecule has 1 aromatic heterocycles. The van der Waals surface area contributed by atoms with Crippen molar-refractivity contribution in [2.45, 2.75) is 58.9 Å². The third-order valence-corrected chi connectivity index (χ3v) is 9.00. The Labute approximate surface area is 270 Å². The number of hydrogen-bond donors (Lipinski definition) is 0. The first-order chi connectivity index (χ1) is 22.2. The number of hydrogen-bond acceptors (Lipinski definition) is 9. The van der Waals surface area contributed by atoms with Crippen molar-refractivity contribution in [3.05, 3.63) is 97.2 Å². The highest BCUT2D eigenvalue weighted by Crippen LogP contribution is 2.38. The molecule has 0 saturated heterocycles. The fraction of sp³-hybridized carbons (Fsp3) is 0.343. The molecule has 1 unspecified atom stereocenters. The number of esters is 2. The van der Waals surface area contributed by atoms with E-state index in [0.29, 0.717) is 33.7 Å². The lowest BCUT2D eigenvalue weighted by Gasteiger charge is -2.25. The predicted octanol–water partition coefficient (Wildman–Crippen LogP) is 4.59. The zero-order valence-electron chi connectivity index (χ0n) is 26.5. The standard InChI is InChI=1S/C35H37N3O7S/c1-6-8-9-10-13-18-37-25-15-12-11-14-24(25)29(32(37)40)31-33(41)38-30(23-16-17-26(45-22(4)39)27(20-23)43-5)28(34(42)44-19-7-2)21(3)36-35(38)46-31/h7,11-12,14-17,20,30H,2,6,8-10,13,18-19H2,1,3-5H3/b31-29-. The summed E-state index contributed by atoms with van der Waals surface area (Å²) < 4.78 is 17.9. The maximum absolute atomic E-state index is 14.5. The van der Waals surface area contributed by atoms with E-state index in [1.807, 2.05) is 24.3 Å². The summed E-state index contributed by atoms with van der Waals surface area (Å²) in [6.45, 7) is 9.26. The number of thiazole rings is 1. The maximum atomic E-state index is 14.5. The summed E-state index contributed by atoms with van der Waals surface area (Å²) >= 11 is 1.12. The summed E-state index contributed by atoms with van der Waals surface area (Å²) in [5.41, 5.74) is 2.35.